The fourth-order valence-corrected chi connectivity index (χ4v) is 5.01. The zero-order chi connectivity index (χ0) is 23.7. The number of aromatic amines is 1. The number of hydrogen-bond acceptors (Lipinski definition) is 4. The van der Waals surface area contributed by atoms with E-state index < -0.39 is 11.4 Å². The third-order valence-corrected chi connectivity index (χ3v) is 6.46. The lowest BCUT2D eigenvalue weighted by atomic mass is 9.93. The predicted molar refractivity (Wildman–Crippen MR) is 127 cm³/mol. The molecule has 1 unspecified atom stereocenters. The second-order valence-corrected chi connectivity index (χ2v) is 8.87. The van der Waals surface area contributed by atoms with Gasteiger partial charge in [-0.15, -0.1) is 0 Å². The van der Waals surface area contributed by atoms with E-state index in [1.165, 1.54) is 6.07 Å². The van der Waals surface area contributed by atoms with Gasteiger partial charge in [-0.3, -0.25) is 9.59 Å². The van der Waals surface area contributed by atoms with Gasteiger partial charge in [-0.05, 0) is 60.2 Å². The molecular formula is C24H21Cl2FN4O2. The van der Waals surface area contributed by atoms with Crippen LogP contribution in [-0.2, 0) is 17.6 Å². The Morgan fingerprint density at radius 2 is 2.09 bits per heavy atom. The van der Waals surface area contributed by atoms with Crippen molar-refractivity contribution < 1.29 is 9.18 Å². The highest BCUT2D eigenvalue weighted by atomic mass is 35.5. The SMILES string of the molecule is CC1c2c(Cl)cc(Cl)cc2CCN1C(=O)CNc1cc2cc(CCC#N)[nH]c(=O)c2cc1F. The number of aryl methyl sites for hydroxylation is 1. The quantitative estimate of drug-likeness (QED) is 0.531. The minimum atomic E-state index is -0.625. The largest absolute Gasteiger partial charge is 0.374 e. The molecule has 0 bridgehead atoms. The molecule has 0 fully saturated rings. The Morgan fingerprint density at radius 3 is 2.85 bits per heavy atom. The highest BCUT2D eigenvalue weighted by Gasteiger charge is 2.29. The van der Waals surface area contributed by atoms with E-state index in [0.29, 0.717) is 40.5 Å². The number of H-pyrrole nitrogens is 1. The van der Waals surface area contributed by atoms with Crippen LogP contribution < -0.4 is 10.9 Å². The summed E-state index contributed by atoms with van der Waals surface area (Å²) in [4.78, 5) is 29.6. The Labute approximate surface area is 199 Å². The zero-order valence-corrected chi connectivity index (χ0v) is 19.4. The van der Waals surface area contributed by atoms with E-state index in [0.717, 1.165) is 17.2 Å². The second-order valence-electron chi connectivity index (χ2n) is 8.03. The van der Waals surface area contributed by atoms with Crippen LogP contribution in [0.4, 0.5) is 10.1 Å². The van der Waals surface area contributed by atoms with E-state index in [1.807, 2.05) is 19.1 Å². The average molecular weight is 487 g/mol. The van der Waals surface area contributed by atoms with Gasteiger partial charge in [0, 0.05) is 35.1 Å². The average Bonchev–Trinajstić information content (AvgIpc) is 2.76. The van der Waals surface area contributed by atoms with Crippen molar-refractivity contribution in [2.45, 2.75) is 32.2 Å². The summed E-state index contributed by atoms with van der Waals surface area (Å²) >= 11 is 12.5. The highest BCUT2D eigenvalue weighted by molar-refractivity contribution is 6.35. The third-order valence-electron chi connectivity index (χ3n) is 5.93. The minimum absolute atomic E-state index is 0.113. The van der Waals surface area contributed by atoms with Crippen molar-refractivity contribution in [2.24, 2.45) is 0 Å². The summed E-state index contributed by atoms with van der Waals surface area (Å²) < 4.78 is 14.6. The van der Waals surface area contributed by atoms with Gasteiger partial charge < -0.3 is 15.2 Å². The van der Waals surface area contributed by atoms with Crippen LogP contribution in [0.25, 0.3) is 10.8 Å². The Bertz CT molecular complexity index is 1350. The summed E-state index contributed by atoms with van der Waals surface area (Å²) in [6, 6.07) is 9.71. The molecule has 2 aromatic carbocycles. The maximum atomic E-state index is 14.6. The molecule has 1 atom stereocenters. The topological polar surface area (TPSA) is 89.0 Å². The number of anilines is 1. The fraction of sp³-hybridized carbons (Fsp3) is 0.292. The van der Waals surface area contributed by atoms with Gasteiger partial charge in [-0.2, -0.15) is 5.26 Å². The normalized spacial score (nSPS) is 15.2. The van der Waals surface area contributed by atoms with Gasteiger partial charge in [-0.25, -0.2) is 4.39 Å². The first-order valence-corrected chi connectivity index (χ1v) is 11.3. The first-order chi connectivity index (χ1) is 15.8. The van der Waals surface area contributed by atoms with Crippen LogP contribution in [0.5, 0.6) is 0 Å². The van der Waals surface area contributed by atoms with Crippen LogP contribution >= 0.6 is 23.2 Å². The lowest BCUT2D eigenvalue weighted by Crippen LogP contribution is -2.42. The van der Waals surface area contributed by atoms with Gasteiger partial charge in [-0.1, -0.05) is 23.2 Å². The highest BCUT2D eigenvalue weighted by Crippen LogP contribution is 2.37. The molecule has 0 saturated carbocycles. The van der Waals surface area contributed by atoms with Crippen LogP contribution in [0.1, 0.15) is 36.2 Å². The maximum Gasteiger partial charge on any atom is 0.256 e. The first kappa shape index (κ1) is 23.1. The van der Waals surface area contributed by atoms with Crippen LogP contribution in [0, 0.1) is 17.1 Å². The number of aromatic nitrogens is 1. The summed E-state index contributed by atoms with van der Waals surface area (Å²) in [5, 5.41) is 13.5. The maximum absolute atomic E-state index is 14.6. The van der Waals surface area contributed by atoms with Gasteiger partial charge in [0.15, 0.2) is 0 Å². The molecule has 1 aliphatic heterocycles. The van der Waals surface area contributed by atoms with Crippen molar-refractivity contribution in [2.75, 3.05) is 18.4 Å². The molecule has 0 saturated heterocycles. The number of fused-ring (bicyclic) bond motifs is 2. The molecule has 0 aliphatic carbocycles. The number of nitrogens with one attached hydrogen (secondary N) is 2. The molecule has 2 heterocycles. The van der Waals surface area contributed by atoms with Gasteiger partial charge in [0.2, 0.25) is 5.91 Å². The first-order valence-electron chi connectivity index (χ1n) is 10.5. The monoisotopic (exact) mass is 486 g/mol. The Morgan fingerprint density at radius 1 is 1.30 bits per heavy atom. The van der Waals surface area contributed by atoms with E-state index in [1.54, 1.807) is 17.0 Å². The van der Waals surface area contributed by atoms with Crippen molar-refractivity contribution in [1.29, 1.82) is 5.26 Å². The van der Waals surface area contributed by atoms with Crippen molar-refractivity contribution >= 4 is 45.6 Å². The van der Waals surface area contributed by atoms with Crippen LogP contribution in [0.2, 0.25) is 10.0 Å². The molecule has 2 N–H and O–H groups in total. The lowest BCUT2D eigenvalue weighted by Gasteiger charge is -2.36. The van der Waals surface area contributed by atoms with E-state index in [4.69, 9.17) is 28.5 Å². The summed E-state index contributed by atoms with van der Waals surface area (Å²) in [7, 11) is 0. The van der Waals surface area contributed by atoms with E-state index in [9.17, 15) is 14.0 Å². The smallest absolute Gasteiger partial charge is 0.256 e. The number of nitriles is 1. The summed E-state index contributed by atoms with van der Waals surface area (Å²) in [5.41, 5.74) is 2.21. The lowest BCUT2D eigenvalue weighted by molar-refractivity contribution is -0.131. The number of amides is 1. The molecule has 0 radical (unpaired) electrons. The molecule has 3 aromatic rings. The van der Waals surface area contributed by atoms with Gasteiger partial charge in [0.25, 0.3) is 5.56 Å². The van der Waals surface area contributed by atoms with Gasteiger partial charge in [0.1, 0.15) is 5.82 Å². The molecule has 170 valence electrons. The summed E-state index contributed by atoms with van der Waals surface area (Å²) in [6.07, 6.45) is 1.28. The Kier molecular flexibility index (Phi) is 6.59. The van der Waals surface area contributed by atoms with Crippen molar-refractivity contribution in [3.8, 4) is 6.07 Å². The number of nitrogens with zero attached hydrogens (tertiary/aromatic N) is 2. The molecule has 0 spiro atoms. The predicted octanol–water partition coefficient (Wildman–Crippen LogP) is 4.99. The van der Waals surface area contributed by atoms with E-state index >= 15 is 0 Å². The van der Waals surface area contributed by atoms with E-state index in [2.05, 4.69) is 10.3 Å². The number of pyridine rings is 1. The Balaban J connectivity index is 1.53. The summed E-state index contributed by atoms with van der Waals surface area (Å²) in [5.74, 6) is -0.820. The fourth-order valence-electron chi connectivity index (χ4n) is 4.32. The molecule has 1 aliphatic rings. The molecule has 9 heteroatoms. The molecular weight excluding hydrogens is 466 g/mol. The number of rotatable bonds is 5. The van der Waals surface area contributed by atoms with Crippen molar-refractivity contribution in [3.63, 3.8) is 0 Å². The molecule has 4 rings (SSSR count). The number of carbonyl (C=O) groups is 1. The van der Waals surface area contributed by atoms with E-state index in [-0.39, 0.29) is 36.0 Å². The van der Waals surface area contributed by atoms with Gasteiger partial charge >= 0.3 is 0 Å². The van der Waals surface area contributed by atoms with Crippen LogP contribution in [0.3, 0.4) is 0 Å². The second kappa shape index (κ2) is 9.42. The zero-order valence-electron chi connectivity index (χ0n) is 17.8. The number of hydrogen-bond donors (Lipinski definition) is 2. The number of halogens is 3. The van der Waals surface area contributed by atoms with Crippen LogP contribution in [0.15, 0.2) is 35.1 Å². The molecule has 1 amide bonds. The number of benzene rings is 2. The van der Waals surface area contributed by atoms with Crippen molar-refractivity contribution in [1.82, 2.24) is 9.88 Å². The van der Waals surface area contributed by atoms with Crippen molar-refractivity contribution in [3.05, 3.63) is 73.4 Å². The standard InChI is InChI=1S/C24H21Cl2FN4O2/c1-13-23-14(7-16(25)10-19(23)26)4-6-31(13)22(32)12-29-21-9-15-8-17(3-2-5-28)30-24(33)18(15)11-20(21)27/h7-11,13,29H,2-4,6,12H2,1H3,(H,30,33). The summed E-state index contributed by atoms with van der Waals surface area (Å²) in [6.45, 7) is 2.29. The minimum Gasteiger partial charge on any atom is -0.374 e. The Hall–Kier alpha value is -3.08. The van der Waals surface area contributed by atoms with Crippen LogP contribution in [-0.4, -0.2) is 28.9 Å². The number of carbonyl (C=O) groups excluding carboxylic acids is 1. The molecule has 33 heavy (non-hydrogen) atoms. The third kappa shape index (κ3) is 4.68. The van der Waals surface area contributed by atoms with Gasteiger partial charge in [0.05, 0.1) is 29.7 Å². The molecule has 1 aromatic heterocycles. The molecule has 6 nitrogen and oxygen atoms in total.